The van der Waals surface area contributed by atoms with Crippen LogP contribution in [0.15, 0.2) is 0 Å². The van der Waals surface area contributed by atoms with Crippen molar-refractivity contribution in [3.05, 3.63) is 0 Å². The quantitative estimate of drug-likeness (QED) is 0.814. The molecule has 4 heteroatoms. The van der Waals surface area contributed by atoms with Crippen LogP contribution in [0.3, 0.4) is 0 Å². The fourth-order valence-electron chi connectivity index (χ4n) is 3.16. The van der Waals surface area contributed by atoms with Crippen molar-refractivity contribution in [1.82, 2.24) is 15.5 Å². The Morgan fingerprint density at radius 1 is 1.11 bits per heavy atom. The molecule has 0 spiro atoms. The molecule has 0 aromatic carbocycles. The van der Waals surface area contributed by atoms with Crippen LogP contribution in [0.1, 0.15) is 51.9 Å². The van der Waals surface area contributed by atoms with Gasteiger partial charge in [-0.3, -0.25) is 9.69 Å². The van der Waals surface area contributed by atoms with Crippen molar-refractivity contribution in [2.45, 2.75) is 64.0 Å². The van der Waals surface area contributed by atoms with Gasteiger partial charge in [0.05, 0.1) is 6.04 Å². The van der Waals surface area contributed by atoms with Gasteiger partial charge in [0.2, 0.25) is 5.91 Å². The normalized spacial score (nSPS) is 25.3. The summed E-state index contributed by atoms with van der Waals surface area (Å²) in [6.07, 6.45) is 8.91. The summed E-state index contributed by atoms with van der Waals surface area (Å²) in [7, 11) is 0. The Morgan fingerprint density at radius 3 is 2.32 bits per heavy atom. The molecule has 4 nitrogen and oxygen atoms in total. The number of nitrogens with one attached hydrogen (secondary N) is 2. The van der Waals surface area contributed by atoms with Crippen molar-refractivity contribution < 1.29 is 4.79 Å². The molecular formula is C15H29N3O. The number of piperazine rings is 1. The van der Waals surface area contributed by atoms with E-state index in [1.165, 1.54) is 44.9 Å². The molecule has 1 unspecified atom stereocenters. The third-order valence-corrected chi connectivity index (χ3v) is 4.53. The molecule has 0 aromatic rings. The van der Waals surface area contributed by atoms with Gasteiger partial charge in [-0.2, -0.15) is 0 Å². The molecular weight excluding hydrogens is 238 g/mol. The highest BCUT2D eigenvalue weighted by Gasteiger charge is 2.24. The molecule has 1 saturated heterocycles. The molecule has 1 aliphatic heterocycles. The molecule has 19 heavy (non-hydrogen) atoms. The Kier molecular flexibility index (Phi) is 6.11. The molecule has 2 rings (SSSR count). The summed E-state index contributed by atoms with van der Waals surface area (Å²) in [6.45, 7) is 6.02. The second-order valence-electron chi connectivity index (χ2n) is 6.01. The van der Waals surface area contributed by atoms with Crippen molar-refractivity contribution in [1.29, 1.82) is 0 Å². The van der Waals surface area contributed by atoms with E-state index in [1.54, 1.807) is 0 Å². The molecule has 1 aliphatic carbocycles. The first kappa shape index (κ1) is 14.8. The van der Waals surface area contributed by atoms with Gasteiger partial charge >= 0.3 is 0 Å². The summed E-state index contributed by atoms with van der Waals surface area (Å²) in [5.41, 5.74) is 0. The van der Waals surface area contributed by atoms with Gasteiger partial charge in [0.1, 0.15) is 0 Å². The highest BCUT2D eigenvalue weighted by Crippen LogP contribution is 2.17. The van der Waals surface area contributed by atoms with Gasteiger partial charge in [-0.15, -0.1) is 0 Å². The minimum absolute atomic E-state index is 0.0209. The summed E-state index contributed by atoms with van der Waals surface area (Å²) in [5.74, 6) is 0.229. The third kappa shape index (κ3) is 4.77. The standard InChI is InChI=1S/C15H29N3O/c1-13(18-11-9-16-10-12-18)15(19)17-14-7-5-3-2-4-6-8-14/h13-14,16H,2-12H2,1H3,(H,17,19). The molecule has 0 aromatic heterocycles. The number of carbonyl (C=O) groups is 1. The molecule has 1 atom stereocenters. The molecule has 110 valence electrons. The summed E-state index contributed by atoms with van der Waals surface area (Å²) in [6, 6.07) is 0.436. The Morgan fingerprint density at radius 2 is 1.68 bits per heavy atom. The SMILES string of the molecule is CC(C(=O)NC1CCCCCCC1)N1CCNCC1. The number of carbonyl (C=O) groups excluding carboxylic acids is 1. The lowest BCUT2D eigenvalue weighted by Gasteiger charge is -2.33. The van der Waals surface area contributed by atoms with Crippen molar-refractivity contribution in [3.8, 4) is 0 Å². The van der Waals surface area contributed by atoms with Gasteiger partial charge in [0, 0.05) is 32.2 Å². The second kappa shape index (κ2) is 7.85. The highest BCUT2D eigenvalue weighted by atomic mass is 16.2. The van der Waals surface area contributed by atoms with Crippen LogP contribution < -0.4 is 10.6 Å². The summed E-state index contributed by atoms with van der Waals surface area (Å²) in [4.78, 5) is 14.6. The van der Waals surface area contributed by atoms with E-state index in [1.807, 2.05) is 6.92 Å². The van der Waals surface area contributed by atoms with E-state index in [2.05, 4.69) is 15.5 Å². The van der Waals surface area contributed by atoms with Crippen LogP contribution in [0.5, 0.6) is 0 Å². The van der Waals surface area contributed by atoms with Crippen molar-refractivity contribution >= 4 is 5.91 Å². The van der Waals surface area contributed by atoms with Crippen molar-refractivity contribution in [2.75, 3.05) is 26.2 Å². The number of nitrogens with zero attached hydrogens (tertiary/aromatic N) is 1. The minimum Gasteiger partial charge on any atom is -0.352 e. The minimum atomic E-state index is 0.0209. The van der Waals surface area contributed by atoms with E-state index in [4.69, 9.17) is 0 Å². The molecule has 1 saturated carbocycles. The highest BCUT2D eigenvalue weighted by molar-refractivity contribution is 5.81. The second-order valence-corrected chi connectivity index (χ2v) is 6.01. The van der Waals surface area contributed by atoms with Crippen LogP contribution in [-0.4, -0.2) is 49.1 Å². The van der Waals surface area contributed by atoms with Crippen LogP contribution in [0.25, 0.3) is 0 Å². The van der Waals surface area contributed by atoms with E-state index >= 15 is 0 Å². The Labute approximate surface area is 117 Å². The first-order valence-corrected chi connectivity index (χ1v) is 8.02. The van der Waals surface area contributed by atoms with E-state index < -0.39 is 0 Å². The van der Waals surface area contributed by atoms with E-state index in [0.717, 1.165) is 26.2 Å². The third-order valence-electron chi connectivity index (χ3n) is 4.53. The summed E-state index contributed by atoms with van der Waals surface area (Å²) >= 11 is 0. The summed E-state index contributed by atoms with van der Waals surface area (Å²) < 4.78 is 0. The van der Waals surface area contributed by atoms with Crippen LogP contribution >= 0.6 is 0 Å². The van der Waals surface area contributed by atoms with Gasteiger partial charge < -0.3 is 10.6 Å². The predicted octanol–water partition coefficient (Wildman–Crippen LogP) is 1.51. The zero-order chi connectivity index (χ0) is 13.5. The zero-order valence-corrected chi connectivity index (χ0v) is 12.3. The summed E-state index contributed by atoms with van der Waals surface area (Å²) in [5, 5.41) is 6.61. The Bertz CT molecular complexity index is 269. The zero-order valence-electron chi connectivity index (χ0n) is 12.3. The average molecular weight is 267 g/mol. The number of amides is 1. The lowest BCUT2D eigenvalue weighted by Crippen LogP contribution is -2.54. The van der Waals surface area contributed by atoms with Gasteiger partial charge in [-0.05, 0) is 19.8 Å². The number of hydrogen-bond donors (Lipinski definition) is 2. The maximum atomic E-state index is 12.3. The van der Waals surface area contributed by atoms with Crippen LogP contribution in [0, 0.1) is 0 Å². The van der Waals surface area contributed by atoms with Crippen LogP contribution in [0.4, 0.5) is 0 Å². The van der Waals surface area contributed by atoms with Crippen molar-refractivity contribution in [3.63, 3.8) is 0 Å². The van der Waals surface area contributed by atoms with Crippen LogP contribution in [-0.2, 0) is 4.79 Å². The Balaban J connectivity index is 1.77. The molecule has 1 amide bonds. The van der Waals surface area contributed by atoms with Crippen LogP contribution in [0.2, 0.25) is 0 Å². The van der Waals surface area contributed by atoms with Gasteiger partial charge in [-0.25, -0.2) is 0 Å². The molecule has 0 radical (unpaired) electrons. The molecule has 2 N–H and O–H groups in total. The van der Waals surface area contributed by atoms with Crippen molar-refractivity contribution in [2.24, 2.45) is 0 Å². The smallest absolute Gasteiger partial charge is 0.237 e. The predicted molar refractivity (Wildman–Crippen MR) is 78.2 cm³/mol. The monoisotopic (exact) mass is 267 g/mol. The lowest BCUT2D eigenvalue weighted by molar-refractivity contribution is -0.127. The van der Waals surface area contributed by atoms with Gasteiger partial charge in [0.15, 0.2) is 0 Å². The Hall–Kier alpha value is -0.610. The number of rotatable bonds is 3. The molecule has 0 bridgehead atoms. The van der Waals surface area contributed by atoms with Gasteiger partial charge in [0.25, 0.3) is 0 Å². The maximum absolute atomic E-state index is 12.3. The topological polar surface area (TPSA) is 44.4 Å². The fourth-order valence-corrected chi connectivity index (χ4v) is 3.16. The van der Waals surface area contributed by atoms with Gasteiger partial charge in [-0.1, -0.05) is 32.1 Å². The largest absolute Gasteiger partial charge is 0.352 e. The van der Waals surface area contributed by atoms with E-state index in [-0.39, 0.29) is 11.9 Å². The average Bonchev–Trinajstić information content (AvgIpc) is 2.41. The van der Waals surface area contributed by atoms with E-state index in [9.17, 15) is 4.79 Å². The first-order valence-electron chi connectivity index (χ1n) is 8.02. The lowest BCUT2D eigenvalue weighted by atomic mass is 9.96. The maximum Gasteiger partial charge on any atom is 0.237 e. The first-order chi connectivity index (χ1) is 9.27. The molecule has 2 fully saturated rings. The fraction of sp³-hybridized carbons (Fsp3) is 0.933. The van der Waals surface area contributed by atoms with E-state index in [0.29, 0.717) is 6.04 Å². The molecule has 1 heterocycles. The molecule has 2 aliphatic rings. The number of hydrogen-bond acceptors (Lipinski definition) is 3.